The van der Waals surface area contributed by atoms with Crippen LogP contribution in [0.4, 0.5) is 0 Å². The number of thioether (sulfide) groups is 1. The fraction of sp³-hybridized carbons (Fsp3) is 0.538. The van der Waals surface area contributed by atoms with Gasteiger partial charge in [0.1, 0.15) is 5.01 Å². The summed E-state index contributed by atoms with van der Waals surface area (Å²) >= 11 is 5.26. The number of nitrogens with two attached hydrogens (primary N) is 2. The molecular formula is C13H22N4S3. The van der Waals surface area contributed by atoms with Crippen molar-refractivity contribution in [1.29, 1.82) is 0 Å². The molecule has 0 atom stereocenters. The van der Waals surface area contributed by atoms with Gasteiger partial charge in [-0.3, -0.25) is 0 Å². The summed E-state index contributed by atoms with van der Waals surface area (Å²) in [6.45, 7) is 1.56. The molecule has 0 bridgehead atoms. The van der Waals surface area contributed by atoms with Crippen molar-refractivity contribution in [3.05, 3.63) is 33.2 Å². The fourth-order valence-corrected chi connectivity index (χ4v) is 3.51. The zero-order chi connectivity index (χ0) is 14.5. The van der Waals surface area contributed by atoms with E-state index in [0.29, 0.717) is 0 Å². The predicted molar refractivity (Wildman–Crippen MR) is 91.4 cm³/mol. The first-order chi connectivity index (χ1) is 9.86. The number of nitrogens with zero attached hydrogens (tertiary/aromatic N) is 2. The van der Waals surface area contributed by atoms with Crippen molar-refractivity contribution in [2.24, 2.45) is 11.5 Å². The summed E-state index contributed by atoms with van der Waals surface area (Å²) in [5, 5.41) is 6.43. The van der Waals surface area contributed by atoms with Crippen LogP contribution in [0.15, 0.2) is 23.2 Å². The van der Waals surface area contributed by atoms with Gasteiger partial charge in [0.25, 0.3) is 0 Å². The monoisotopic (exact) mass is 330 g/mol. The molecule has 2 heterocycles. The molecule has 0 amide bonds. The van der Waals surface area contributed by atoms with Crippen LogP contribution in [-0.2, 0) is 12.2 Å². The van der Waals surface area contributed by atoms with E-state index >= 15 is 0 Å². The lowest BCUT2D eigenvalue weighted by atomic mass is 10.2. The van der Waals surface area contributed by atoms with Crippen LogP contribution in [0.5, 0.6) is 0 Å². The first kappa shape index (κ1) is 17.6. The summed E-state index contributed by atoms with van der Waals surface area (Å²) < 4.78 is 0. The lowest BCUT2D eigenvalue weighted by Gasteiger charge is -1.93. The lowest BCUT2D eigenvalue weighted by molar-refractivity contribution is 0.741. The highest BCUT2D eigenvalue weighted by Crippen LogP contribution is 2.12. The molecule has 4 nitrogen and oxygen atoms in total. The molecule has 0 spiro atoms. The van der Waals surface area contributed by atoms with E-state index in [1.54, 1.807) is 22.7 Å². The first-order valence-electron chi connectivity index (χ1n) is 6.61. The van der Waals surface area contributed by atoms with Crippen LogP contribution in [0.1, 0.15) is 22.9 Å². The Morgan fingerprint density at radius 2 is 1.65 bits per heavy atom. The van der Waals surface area contributed by atoms with Gasteiger partial charge in [-0.1, -0.05) is 0 Å². The average Bonchev–Trinajstić information content (AvgIpc) is 3.13. The van der Waals surface area contributed by atoms with E-state index in [9.17, 15) is 0 Å². The van der Waals surface area contributed by atoms with Crippen LogP contribution >= 0.6 is 34.4 Å². The second-order valence-electron chi connectivity index (χ2n) is 3.94. The highest BCUT2D eigenvalue weighted by Gasteiger charge is 1.93. The van der Waals surface area contributed by atoms with Gasteiger partial charge in [-0.15, -0.1) is 22.7 Å². The lowest BCUT2D eigenvalue weighted by Crippen LogP contribution is -2.01. The smallest absolute Gasteiger partial charge is 0.102 e. The minimum absolute atomic E-state index is 0.760. The molecule has 2 aromatic heterocycles. The third-order valence-corrected chi connectivity index (χ3v) is 5.10. The molecule has 20 heavy (non-hydrogen) atoms. The molecule has 2 aromatic rings. The Hall–Kier alpha value is -0.470. The maximum absolute atomic E-state index is 5.35. The minimum Gasteiger partial charge on any atom is -0.330 e. The molecule has 7 heteroatoms. The van der Waals surface area contributed by atoms with Crippen LogP contribution in [0.2, 0.25) is 0 Å². The summed E-state index contributed by atoms with van der Waals surface area (Å²) in [6.07, 6.45) is 7.06. The van der Waals surface area contributed by atoms with Crippen molar-refractivity contribution in [3.8, 4) is 0 Å². The van der Waals surface area contributed by atoms with Gasteiger partial charge in [0.15, 0.2) is 0 Å². The van der Waals surface area contributed by atoms with E-state index in [-0.39, 0.29) is 0 Å². The molecular weight excluding hydrogens is 308 g/mol. The van der Waals surface area contributed by atoms with Gasteiger partial charge >= 0.3 is 0 Å². The predicted octanol–water partition coefficient (Wildman–Crippen LogP) is 2.76. The van der Waals surface area contributed by atoms with Crippen LogP contribution in [0.3, 0.4) is 0 Å². The van der Waals surface area contributed by atoms with E-state index < -0.39 is 0 Å². The molecule has 0 unspecified atom stereocenters. The minimum atomic E-state index is 0.760. The quantitative estimate of drug-likeness (QED) is 0.728. The molecule has 2 rings (SSSR count). The summed E-state index contributed by atoms with van der Waals surface area (Å²) in [4.78, 5) is 8.31. The van der Waals surface area contributed by atoms with Crippen molar-refractivity contribution in [2.45, 2.75) is 25.0 Å². The van der Waals surface area contributed by atoms with Crippen LogP contribution in [0, 0.1) is 0 Å². The standard InChI is InChI=1S/C7H12N2S.C6H10N2S2/c8-4-2-1-3-7-9-5-6-10-7;7-1-3-9-5-6-8-2-4-10-6/h5-6H,1-4,8H2;2,4H,1,3,5,7H2. The average molecular weight is 331 g/mol. The van der Waals surface area contributed by atoms with Gasteiger partial charge in [0.2, 0.25) is 0 Å². The molecule has 0 radical (unpaired) electrons. The Morgan fingerprint density at radius 3 is 2.20 bits per heavy atom. The largest absolute Gasteiger partial charge is 0.330 e. The molecule has 4 N–H and O–H groups in total. The summed E-state index contributed by atoms with van der Waals surface area (Å²) in [6, 6.07) is 0. The Labute approximate surface area is 133 Å². The fourth-order valence-electron chi connectivity index (χ4n) is 1.36. The van der Waals surface area contributed by atoms with Crippen LogP contribution in [-0.4, -0.2) is 28.8 Å². The van der Waals surface area contributed by atoms with Crippen molar-refractivity contribution in [1.82, 2.24) is 9.97 Å². The van der Waals surface area contributed by atoms with E-state index in [2.05, 4.69) is 9.97 Å². The van der Waals surface area contributed by atoms with Crippen molar-refractivity contribution in [2.75, 3.05) is 18.8 Å². The second kappa shape index (κ2) is 12.3. The number of thiazole rings is 2. The van der Waals surface area contributed by atoms with Crippen molar-refractivity contribution in [3.63, 3.8) is 0 Å². The number of unbranched alkanes of at least 4 members (excludes halogenated alkanes) is 1. The Morgan fingerprint density at radius 1 is 0.950 bits per heavy atom. The third kappa shape index (κ3) is 8.65. The molecule has 0 aliphatic carbocycles. The Kier molecular flexibility index (Phi) is 10.8. The topological polar surface area (TPSA) is 77.8 Å². The van der Waals surface area contributed by atoms with Gasteiger partial charge < -0.3 is 11.5 Å². The van der Waals surface area contributed by atoms with Gasteiger partial charge in [0, 0.05) is 41.2 Å². The van der Waals surface area contributed by atoms with E-state index in [1.165, 1.54) is 16.4 Å². The maximum Gasteiger partial charge on any atom is 0.102 e. The van der Waals surface area contributed by atoms with Gasteiger partial charge in [-0.05, 0) is 25.8 Å². The second-order valence-corrected chi connectivity index (χ2v) is 7.00. The molecule has 0 aliphatic heterocycles. The van der Waals surface area contributed by atoms with Gasteiger partial charge in [-0.2, -0.15) is 11.8 Å². The molecule has 0 saturated heterocycles. The number of rotatable bonds is 8. The Balaban J connectivity index is 0.000000200. The molecule has 0 saturated carbocycles. The molecule has 112 valence electrons. The molecule has 0 aliphatic rings. The van der Waals surface area contributed by atoms with Gasteiger partial charge in [-0.25, -0.2) is 9.97 Å². The molecule has 0 fully saturated rings. The van der Waals surface area contributed by atoms with E-state index in [4.69, 9.17) is 11.5 Å². The SMILES string of the molecule is NCCCCc1nccs1.NCCSCc1nccs1. The van der Waals surface area contributed by atoms with Crippen molar-refractivity contribution >= 4 is 34.4 Å². The van der Waals surface area contributed by atoms with Crippen molar-refractivity contribution < 1.29 is 0 Å². The summed E-state index contributed by atoms with van der Waals surface area (Å²) in [5.74, 6) is 2.04. The van der Waals surface area contributed by atoms with E-state index in [1.807, 2.05) is 34.9 Å². The zero-order valence-corrected chi connectivity index (χ0v) is 14.0. The zero-order valence-electron chi connectivity index (χ0n) is 11.5. The van der Waals surface area contributed by atoms with E-state index in [0.717, 1.165) is 37.4 Å². The number of hydrogen-bond donors (Lipinski definition) is 2. The van der Waals surface area contributed by atoms with Crippen LogP contribution in [0.25, 0.3) is 0 Å². The number of hydrogen-bond acceptors (Lipinski definition) is 7. The summed E-state index contributed by atoms with van der Waals surface area (Å²) in [7, 11) is 0. The number of aryl methyl sites for hydroxylation is 1. The first-order valence-corrected chi connectivity index (χ1v) is 9.52. The molecule has 0 aromatic carbocycles. The highest BCUT2D eigenvalue weighted by atomic mass is 32.2. The Bertz CT molecular complexity index is 363. The highest BCUT2D eigenvalue weighted by molar-refractivity contribution is 7.98. The summed E-state index contributed by atoms with van der Waals surface area (Å²) in [5.41, 5.74) is 10.7. The number of aromatic nitrogens is 2. The van der Waals surface area contributed by atoms with Crippen LogP contribution < -0.4 is 11.5 Å². The normalized spacial score (nSPS) is 10.1. The third-order valence-electron chi connectivity index (χ3n) is 2.30. The van der Waals surface area contributed by atoms with Gasteiger partial charge in [0.05, 0.1) is 5.01 Å². The maximum atomic E-state index is 5.35.